The molecule has 7 heteroatoms. The van der Waals surface area contributed by atoms with Crippen molar-refractivity contribution in [3.05, 3.63) is 23.8 Å². The van der Waals surface area contributed by atoms with Crippen molar-refractivity contribution in [3.63, 3.8) is 0 Å². The second-order valence-corrected chi connectivity index (χ2v) is 3.04. The van der Waals surface area contributed by atoms with E-state index in [1.54, 1.807) is 0 Å². The number of nitrogens with two attached hydrogens (primary N) is 1. The molecule has 0 heterocycles. The minimum Gasteiger partial charge on any atom is -0.459 e. The molecule has 1 rings (SSSR count). The van der Waals surface area contributed by atoms with E-state index in [1.807, 2.05) is 0 Å². The first-order chi connectivity index (χ1) is 8.31. The van der Waals surface area contributed by atoms with Crippen molar-refractivity contribution in [1.82, 2.24) is 0 Å². The Morgan fingerprint density at radius 3 is 2.61 bits per heavy atom. The van der Waals surface area contributed by atoms with Crippen LogP contribution in [0.25, 0.3) is 0 Å². The number of methoxy groups -OCH3 is 1. The van der Waals surface area contributed by atoms with E-state index in [9.17, 15) is 18.0 Å². The maximum atomic E-state index is 12.0. The minimum absolute atomic E-state index is 0.0437. The molecule has 2 N–H and O–H groups in total. The first kappa shape index (κ1) is 13.7. The van der Waals surface area contributed by atoms with Gasteiger partial charge in [-0.3, -0.25) is 0 Å². The standard InChI is InChI=1S/C11H8F3NO3/c1-17-10(16)5-2-7-6-8(3-4-9(7)15)18-11(12,13)14/h3-4,6H,15H2,1H3. The molecule has 96 valence electrons. The smallest absolute Gasteiger partial charge is 0.459 e. The van der Waals surface area contributed by atoms with Crippen LogP contribution in [-0.2, 0) is 9.53 Å². The molecule has 0 aromatic heterocycles. The van der Waals surface area contributed by atoms with E-state index >= 15 is 0 Å². The van der Waals surface area contributed by atoms with Gasteiger partial charge >= 0.3 is 12.3 Å². The van der Waals surface area contributed by atoms with Gasteiger partial charge in [-0.05, 0) is 18.2 Å². The summed E-state index contributed by atoms with van der Waals surface area (Å²) in [4.78, 5) is 10.8. The third-order valence-electron chi connectivity index (χ3n) is 1.74. The summed E-state index contributed by atoms with van der Waals surface area (Å²) in [5, 5.41) is 0. The highest BCUT2D eigenvalue weighted by atomic mass is 19.4. The molecule has 0 saturated heterocycles. The maximum absolute atomic E-state index is 12.0. The Bertz CT molecular complexity index is 514. The fourth-order valence-electron chi connectivity index (χ4n) is 1.01. The number of hydrogen-bond donors (Lipinski definition) is 1. The topological polar surface area (TPSA) is 61.5 Å². The molecule has 0 aliphatic carbocycles. The Balaban J connectivity index is 3.01. The number of carbonyl (C=O) groups is 1. The first-order valence-corrected chi connectivity index (χ1v) is 4.57. The van der Waals surface area contributed by atoms with E-state index in [4.69, 9.17) is 5.73 Å². The summed E-state index contributed by atoms with van der Waals surface area (Å²) < 4.78 is 43.9. The minimum atomic E-state index is -4.80. The number of ether oxygens (including phenoxy) is 2. The zero-order valence-corrected chi connectivity index (χ0v) is 9.17. The Kier molecular flexibility index (Phi) is 4.05. The quantitative estimate of drug-likeness (QED) is 0.473. The van der Waals surface area contributed by atoms with Crippen molar-refractivity contribution >= 4 is 11.7 Å². The second kappa shape index (κ2) is 5.31. The summed E-state index contributed by atoms with van der Waals surface area (Å²) in [6.07, 6.45) is -4.80. The summed E-state index contributed by atoms with van der Waals surface area (Å²) in [7, 11) is 1.13. The molecule has 0 fully saturated rings. The van der Waals surface area contributed by atoms with Crippen LogP contribution in [0.4, 0.5) is 18.9 Å². The fraction of sp³-hybridized carbons (Fsp3) is 0.182. The van der Waals surface area contributed by atoms with Crippen LogP contribution >= 0.6 is 0 Å². The number of anilines is 1. The summed E-state index contributed by atoms with van der Waals surface area (Å²) in [5.41, 5.74) is 5.66. The molecule has 0 bridgehead atoms. The number of hydrogen-bond acceptors (Lipinski definition) is 4. The maximum Gasteiger partial charge on any atom is 0.573 e. The van der Waals surface area contributed by atoms with Crippen LogP contribution in [0, 0.1) is 11.8 Å². The van der Waals surface area contributed by atoms with E-state index in [0.29, 0.717) is 0 Å². The third kappa shape index (κ3) is 4.25. The van der Waals surface area contributed by atoms with E-state index in [-0.39, 0.29) is 11.3 Å². The summed E-state index contributed by atoms with van der Waals surface area (Å²) in [6, 6.07) is 3.23. The van der Waals surface area contributed by atoms with Gasteiger partial charge in [0.05, 0.1) is 12.7 Å². The molecule has 0 aliphatic rings. The average Bonchev–Trinajstić information content (AvgIpc) is 2.27. The molecule has 18 heavy (non-hydrogen) atoms. The number of esters is 1. The first-order valence-electron chi connectivity index (χ1n) is 4.57. The average molecular weight is 259 g/mol. The molecule has 1 aromatic carbocycles. The van der Waals surface area contributed by atoms with Crippen molar-refractivity contribution in [3.8, 4) is 17.6 Å². The van der Waals surface area contributed by atoms with Crippen LogP contribution in [0.2, 0.25) is 0 Å². The fourth-order valence-corrected chi connectivity index (χ4v) is 1.01. The molecule has 0 atom stereocenters. The largest absolute Gasteiger partial charge is 0.573 e. The van der Waals surface area contributed by atoms with Crippen molar-refractivity contribution in [1.29, 1.82) is 0 Å². The van der Waals surface area contributed by atoms with Gasteiger partial charge in [0.15, 0.2) is 0 Å². The molecule has 0 saturated carbocycles. The highest BCUT2D eigenvalue weighted by Gasteiger charge is 2.31. The summed E-state index contributed by atoms with van der Waals surface area (Å²) >= 11 is 0. The number of halogens is 3. The summed E-state index contributed by atoms with van der Waals surface area (Å²) in [5.74, 6) is 3.05. The molecule has 0 aliphatic heterocycles. The van der Waals surface area contributed by atoms with Crippen molar-refractivity contribution in [2.24, 2.45) is 0 Å². The van der Waals surface area contributed by atoms with Crippen LogP contribution in [-0.4, -0.2) is 19.4 Å². The van der Waals surface area contributed by atoms with Crippen molar-refractivity contribution in [2.45, 2.75) is 6.36 Å². The zero-order valence-electron chi connectivity index (χ0n) is 9.17. The highest BCUT2D eigenvalue weighted by molar-refractivity contribution is 5.89. The second-order valence-electron chi connectivity index (χ2n) is 3.04. The molecule has 0 unspecified atom stereocenters. The lowest BCUT2D eigenvalue weighted by Gasteiger charge is -2.09. The molecule has 0 amide bonds. The van der Waals surface area contributed by atoms with Crippen molar-refractivity contribution in [2.75, 3.05) is 12.8 Å². The lowest BCUT2D eigenvalue weighted by atomic mass is 10.2. The van der Waals surface area contributed by atoms with Gasteiger partial charge in [-0.25, -0.2) is 4.79 Å². The number of alkyl halides is 3. The van der Waals surface area contributed by atoms with E-state index in [2.05, 4.69) is 21.3 Å². The number of benzene rings is 1. The predicted octanol–water partition coefficient (Wildman–Crippen LogP) is 1.69. The lowest BCUT2D eigenvalue weighted by Crippen LogP contribution is -2.17. The van der Waals surface area contributed by atoms with E-state index < -0.39 is 18.1 Å². The highest BCUT2D eigenvalue weighted by Crippen LogP contribution is 2.25. The van der Waals surface area contributed by atoms with Gasteiger partial charge < -0.3 is 15.2 Å². The van der Waals surface area contributed by atoms with Crippen LogP contribution in [0.5, 0.6) is 5.75 Å². The van der Waals surface area contributed by atoms with Gasteiger partial charge in [0.25, 0.3) is 0 Å². The Morgan fingerprint density at radius 1 is 1.39 bits per heavy atom. The van der Waals surface area contributed by atoms with E-state index in [0.717, 1.165) is 19.2 Å². The van der Waals surface area contributed by atoms with Gasteiger partial charge in [0.2, 0.25) is 0 Å². The van der Waals surface area contributed by atoms with Gasteiger partial charge in [-0.1, -0.05) is 5.92 Å². The van der Waals surface area contributed by atoms with Gasteiger partial charge in [0, 0.05) is 11.6 Å². The normalized spacial score (nSPS) is 10.2. The van der Waals surface area contributed by atoms with Crippen LogP contribution in [0.15, 0.2) is 18.2 Å². The molecule has 4 nitrogen and oxygen atoms in total. The van der Waals surface area contributed by atoms with Crippen LogP contribution in [0.1, 0.15) is 5.56 Å². The van der Waals surface area contributed by atoms with Gasteiger partial charge in [-0.15, -0.1) is 13.2 Å². The van der Waals surface area contributed by atoms with Crippen LogP contribution < -0.4 is 10.5 Å². The van der Waals surface area contributed by atoms with Crippen molar-refractivity contribution < 1.29 is 27.4 Å². The number of nitrogen functional groups attached to an aromatic ring is 1. The monoisotopic (exact) mass is 259 g/mol. The Hall–Kier alpha value is -2.36. The van der Waals surface area contributed by atoms with E-state index in [1.165, 1.54) is 6.07 Å². The molecular weight excluding hydrogens is 251 g/mol. The lowest BCUT2D eigenvalue weighted by molar-refractivity contribution is -0.274. The predicted molar refractivity (Wildman–Crippen MR) is 56.4 cm³/mol. The molecule has 0 spiro atoms. The third-order valence-corrected chi connectivity index (χ3v) is 1.74. The summed E-state index contributed by atoms with van der Waals surface area (Å²) in [6.45, 7) is 0. The molecule has 0 radical (unpaired) electrons. The van der Waals surface area contributed by atoms with Crippen LogP contribution in [0.3, 0.4) is 0 Å². The molecular formula is C11H8F3NO3. The number of carbonyl (C=O) groups excluding carboxylic acids is 1. The van der Waals surface area contributed by atoms with Gasteiger partial charge in [0.1, 0.15) is 5.75 Å². The van der Waals surface area contributed by atoms with Gasteiger partial charge in [-0.2, -0.15) is 0 Å². The number of rotatable bonds is 1. The Labute approximate surface area is 100 Å². The zero-order chi connectivity index (χ0) is 13.8. The Morgan fingerprint density at radius 2 is 2.06 bits per heavy atom. The SMILES string of the molecule is COC(=O)C#Cc1cc(OC(F)(F)F)ccc1N. The molecule has 1 aromatic rings.